The van der Waals surface area contributed by atoms with Gasteiger partial charge in [0.15, 0.2) is 0 Å². The first-order chi connectivity index (χ1) is 18.5. The average molecular weight is 559 g/mol. The molecule has 0 unspecified atom stereocenters. The van der Waals surface area contributed by atoms with Crippen LogP contribution in [0.4, 0.5) is 13.2 Å². The zero-order valence-corrected chi connectivity index (χ0v) is 21.7. The van der Waals surface area contributed by atoms with Crippen molar-refractivity contribution in [3.63, 3.8) is 0 Å². The number of carboxylic acid groups (broad SMARTS) is 1. The summed E-state index contributed by atoms with van der Waals surface area (Å²) in [4.78, 5) is 23.1. The summed E-state index contributed by atoms with van der Waals surface area (Å²) in [6.45, 7) is 1.96. The smallest absolute Gasteiger partial charge is 0.416 e. The third-order valence-electron chi connectivity index (χ3n) is 6.02. The molecule has 0 fully saturated rings. The average Bonchev–Trinajstić information content (AvgIpc) is 2.90. The van der Waals surface area contributed by atoms with Crippen molar-refractivity contribution >= 4 is 23.5 Å². The van der Waals surface area contributed by atoms with Crippen molar-refractivity contribution in [3.8, 4) is 11.8 Å². The van der Waals surface area contributed by atoms with Crippen LogP contribution < -0.4 is 10.1 Å². The summed E-state index contributed by atoms with van der Waals surface area (Å²) < 4.78 is 46.7. The van der Waals surface area contributed by atoms with E-state index in [-0.39, 0.29) is 30.2 Å². The first-order valence-electron chi connectivity index (χ1n) is 12.2. The normalized spacial score (nSPS) is 12.7. The minimum Gasteiger partial charge on any atom is -0.485 e. The summed E-state index contributed by atoms with van der Waals surface area (Å²) in [6.07, 6.45) is -4.29. The number of benzene rings is 3. The molecule has 10 heteroatoms. The van der Waals surface area contributed by atoms with E-state index in [4.69, 9.17) is 21.4 Å². The maximum Gasteiger partial charge on any atom is 0.416 e. The second kappa shape index (κ2) is 13.2. The maximum absolute atomic E-state index is 13.5. The molecule has 0 aliphatic heterocycles. The lowest BCUT2D eigenvalue weighted by molar-refractivity contribution is -0.138. The van der Waals surface area contributed by atoms with Gasteiger partial charge in [0.25, 0.3) is 5.91 Å². The molecule has 3 aromatic carbocycles. The molecule has 1 amide bonds. The standard InChI is InChI=1S/C29H26ClF3N2O4/c1-2-3-25(19-4-6-21(7-5-19)28(38)35-13-12-26(36)37)27(20-8-10-23(30)11-9-20)39-24-15-18(17-34)14-22(16-24)29(31,32)33/h4-11,14-16,25,27H,2-3,12-13H2,1H3,(H,35,38)(H,36,37)/t25-,27+/m1/s1. The molecule has 39 heavy (non-hydrogen) atoms. The predicted molar refractivity (Wildman–Crippen MR) is 140 cm³/mol. The number of nitrogens with one attached hydrogen (secondary N) is 1. The largest absolute Gasteiger partial charge is 0.485 e. The highest BCUT2D eigenvalue weighted by atomic mass is 35.5. The molecular formula is C29H26ClF3N2O4. The third kappa shape index (κ3) is 8.23. The van der Waals surface area contributed by atoms with Crippen molar-refractivity contribution in [2.24, 2.45) is 0 Å². The van der Waals surface area contributed by atoms with E-state index in [9.17, 15) is 28.0 Å². The quantitative estimate of drug-likeness (QED) is 0.260. The summed E-state index contributed by atoms with van der Waals surface area (Å²) in [5.74, 6) is -1.88. The number of hydrogen-bond donors (Lipinski definition) is 2. The summed E-state index contributed by atoms with van der Waals surface area (Å²) >= 11 is 6.07. The molecule has 0 heterocycles. The molecule has 0 spiro atoms. The molecule has 3 aromatic rings. The van der Waals surface area contributed by atoms with E-state index < -0.39 is 29.7 Å². The van der Waals surface area contributed by atoms with Crippen LogP contribution in [0.3, 0.4) is 0 Å². The molecule has 0 aromatic heterocycles. The number of carboxylic acids is 1. The highest BCUT2D eigenvalue weighted by Crippen LogP contribution is 2.40. The van der Waals surface area contributed by atoms with E-state index in [1.807, 2.05) is 6.92 Å². The maximum atomic E-state index is 13.5. The lowest BCUT2D eigenvalue weighted by Crippen LogP contribution is -2.26. The number of carbonyl (C=O) groups is 2. The molecule has 0 radical (unpaired) electrons. The third-order valence-corrected chi connectivity index (χ3v) is 6.27. The zero-order valence-electron chi connectivity index (χ0n) is 21.0. The molecule has 0 saturated carbocycles. The highest BCUT2D eigenvalue weighted by Gasteiger charge is 2.33. The van der Waals surface area contributed by atoms with Crippen LogP contribution in [-0.2, 0) is 11.0 Å². The first kappa shape index (κ1) is 29.5. The van der Waals surface area contributed by atoms with E-state index in [0.29, 0.717) is 22.6 Å². The van der Waals surface area contributed by atoms with Gasteiger partial charge in [0.2, 0.25) is 0 Å². The van der Waals surface area contributed by atoms with Gasteiger partial charge in [0.1, 0.15) is 11.9 Å². The van der Waals surface area contributed by atoms with E-state index in [0.717, 1.165) is 24.1 Å². The van der Waals surface area contributed by atoms with Crippen molar-refractivity contribution in [2.45, 2.75) is 44.4 Å². The van der Waals surface area contributed by atoms with Gasteiger partial charge in [-0.1, -0.05) is 49.2 Å². The Labute approximate surface area is 229 Å². The van der Waals surface area contributed by atoms with Crippen molar-refractivity contribution in [1.29, 1.82) is 5.26 Å². The van der Waals surface area contributed by atoms with Crippen LogP contribution in [0.2, 0.25) is 5.02 Å². The molecule has 204 valence electrons. The molecule has 0 saturated heterocycles. The fourth-order valence-electron chi connectivity index (χ4n) is 4.15. The number of ether oxygens (including phenoxy) is 1. The fraction of sp³-hybridized carbons (Fsp3) is 0.276. The lowest BCUT2D eigenvalue weighted by atomic mass is 9.85. The second-order valence-electron chi connectivity index (χ2n) is 8.86. The topological polar surface area (TPSA) is 99.4 Å². The lowest BCUT2D eigenvalue weighted by Gasteiger charge is -2.29. The van der Waals surface area contributed by atoms with Gasteiger partial charge in [-0.05, 0) is 60.0 Å². The zero-order chi connectivity index (χ0) is 28.6. The van der Waals surface area contributed by atoms with Crippen LogP contribution in [0, 0.1) is 11.3 Å². The van der Waals surface area contributed by atoms with Gasteiger partial charge < -0.3 is 15.2 Å². The Balaban J connectivity index is 1.99. The molecule has 0 aliphatic carbocycles. The number of nitrogens with zero attached hydrogens (tertiary/aromatic N) is 1. The number of nitriles is 1. The van der Waals surface area contributed by atoms with E-state index in [1.165, 1.54) is 6.07 Å². The second-order valence-corrected chi connectivity index (χ2v) is 9.30. The van der Waals surface area contributed by atoms with Gasteiger partial charge in [-0.25, -0.2) is 0 Å². The monoisotopic (exact) mass is 558 g/mol. The Morgan fingerprint density at radius 2 is 1.69 bits per heavy atom. The number of carbonyl (C=O) groups excluding carboxylic acids is 1. The number of alkyl halides is 3. The van der Waals surface area contributed by atoms with Crippen LogP contribution in [0.5, 0.6) is 5.75 Å². The molecule has 0 aliphatic rings. The number of halogens is 4. The van der Waals surface area contributed by atoms with Crippen molar-refractivity contribution in [1.82, 2.24) is 5.32 Å². The van der Waals surface area contributed by atoms with E-state index in [1.54, 1.807) is 54.6 Å². The molecule has 3 rings (SSSR count). The predicted octanol–water partition coefficient (Wildman–Crippen LogP) is 7.14. The van der Waals surface area contributed by atoms with Gasteiger partial charge in [0, 0.05) is 23.0 Å². The Kier molecular flexibility index (Phi) is 9.96. The van der Waals surface area contributed by atoms with E-state index in [2.05, 4.69) is 5.32 Å². The first-order valence-corrected chi connectivity index (χ1v) is 12.5. The molecule has 2 atom stereocenters. The number of amides is 1. The SMILES string of the molecule is CCC[C@H](c1ccc(C(=O)NCCC(=O)O)cc1)[C@@H](Oc1cc(C#N)cc(C(F)(F)F)c1)c1ccc(Cl)cc1. The summed E-state index contributed by atoms with van der Waals surface area (Å²) in [7, 11) is 0. The van der Waals surface area contributed by atoms with Crippen molar-refractivity contribution in [2.75, 3.05) is 6.54 Å². The molecule has 6 nitrogen and oxygen atoms in total. The number of rotatable bonds is 11. The summed E-state index contributed by atoms with van der Waals surface area (Å²) in [5, 5.41) is 21.1. The molecule has 0 bridgehead atoms. The minimum atomic E-state index is -4.66. The molecular weight excluding hydrogens is 533 g/mol. The van der Waals surface area contributed by atoms with Crippen molar-refractivity contribution in [3.05, 3.63) is 99.6 Å². The molecule has 2 N–H and O–H groups in total. The van der Waals surface area contributed by atoms with Gasteiger partial charge in [-0.3, -0.25) is 9.59 Å². The Bertz CT molecular complexity index is 1340. The Morgan fingerprint density at radius 1 is 1.05 bits per heavy atom. The van der Waals surface area contributed by atoms with Crippen LogP contribution >= 0.6 is 11.6 Å². The van der Waals surface area contributed by atoms with Crippen molar-refractivity contribution < 1.29 is 32.6 Å². The highest BCUT2D eigenvalue weighted by molar-refractivity contribution is 6.30. The van der Waals surface area contributed by atoms with Crippen LogP contribution in [0.1, 0.15) is 70.8 Å². The van der Waals surface area contributed by atoms with Gasteiger partial charge in [0.05, 0.1) is 23.6 Å². The number of hydrogen-bond acceptors (Lipinski definition) is 4. The van der Waals surface area contributed by atoms with Gasteiger partial charge in [-0.2, -0.15) is 18.4 Å². The van der Waals surface area contributed by atoms with Crippen LogP contribution in [0.25, 0.3) is 0 Å². The summed E-state index contributed by atoms with van der Waals surface area (Å²) in [5.41, 5.74) is 0.618. The van der Waals surface area contributed by atoms with Gasteiger partial charge in [-0.15, -0.1) is 0 Å². The minimum absolute atomic E-state index is 0.0114. The van der Waals surface area contributed by atoms with E-state index >= 15 is 0 Å². The van der Waals surface area contributed by atoms with Crippen LogP contribution in [-0.4, -0.2) is 23.5 Å². The van der Waals surface area contributed by atoms with Gasteiger partial charge >= 0.3 is 12.1 Å². The Hall–Kier alpha value is -4.03. The fourth-order valence-corrected chi connectivity index (χ4v) is 4.27. The van der Waals surface area contributed by atoms with Crippen LogP contribution in [0.15, 0.2) is 66.7 Å². The Morgan fingerprint density at radius 3 is 2.26 bits per heavy atom. The summed E-state index contributed by atoms with van der Waals surface area (Å²) in [6, 6.07) is 18.1. The number of aliphatic carboxylic acids is 1.